The number of benzene rings is 2. The van der Waals surface area contributed by atoms with Crippen molar-refractivity contribution in [2.24, 2.45) is 11.8 Å². The van der Waals surface area contributed by atoms with Crippen LogP contribution in [-0.2, 0) is 14.3 Å². The lowest BCUT2D eigenvalue weighted by molar-refractivity contribution is -0.141. The number of aromatic hydroxyl groups is 1. The summed E-state index contributed by atoms with van der Waals surface area (Å²) in [5.74, 6) is -0.172. The number of ether oxygens (including phenoxy) is 5. The maximum absolute atomic E-state index is 13.3. The van der Waals surface area contributed by atoms with Gasteiger partial charge in [-0.1, -0.05) is 6.42 Å². The molecule has 3 heterocycles. The molecule has 0 aromatic heterocycles. The van der Waals surface area contributed by atoms with Gasteiger partial charge in [-0.25, -0.2) is 0 Å². The Morgan fingerprint density at radius 1 is 1.00 bits per heavy atom. The monoisotopic (exact) mass is 552 g/mol. The van der Waals surface area contributed by atoms with E-state index in [4.69, 9.17) is 23.7 Å². The molecule has 10 nitrogen and oxygen atoms in total. The van der Waals surface area contributed by atoms with E-state index in [0.717, 1.165) is 36.3 Å². The second-order valence-electron chi connectivity index (χ2n) is 11.0. The smallest absolute Gasteiger partial charge is 0.310 e. The zero-order valence-electron chi connectivity index (χ0n) is 22.9. The van der Waals surface area contributed by atoms with E-state index in [0.29, 0.717) is 18.0 Å². The summed E-state index contributed by atoms with van der Waals surface area (Å²) >= 11 is 0. The van der Waals surface area contributed by atoms with Gasteiger partial charge in [0.1, 0.15) is 0 Å². The van der Waals surface area contributed by atoms with Gasteiger partial charge >= 0.3 is 5.97 Å². The molecular formula is C30H36N2O8. The van der Waals surface area contributed by atoms with Crippen molar-refractivity contribution in [3.8, 4) is 28.7 Å². The number of carbonyl (C=O) groups is 2. The number of cyclic esters (lactones) is 1. The van der Waals surface area contributed by atoms with Crippen LogP contribution in [0.15, 0.2) is 24.3 Å². The van der Waals surface area contributed by atoms with Gasteiger partial charge in [-0.3, -0.25) is 9.59 Å². The Labute approximate surface area is 233 Å². The predicted octanol–water partition coefficient (Wildman–Crippen LogP) is 3.15. The van der Waals surface area contributed by atoms with Crippen molar-refractivity contribution >= 4 is 11.9 Å². The van der Waals surface area contributed by atoms with Crippen LogP contribution in [0.25, 0.3) is 0 Å². The Morgan fingerprint density at radius 3 is 2.35 bits per heavy atom. The molecule has 4 atom stereocenters. The van der Waals surface area contributed by atoms with E-state index in [1.807, 2.05) is 12.1 Å². The highest BCUT2D eigenvalue weighted by molar-refractivity contribution is 5.81. The van der Waals surface area contributed by atoms with E-state index >= 15 is 0 Å². The van der Waals surface area contributed by atoms with E-state index in [-0.39, 0.29) is 60.8 Å². The summed E-state index contributed by atoms with van der Waals surface area (Å²) < 4.78 is 27.9. The zero-order valence-corrected chi connectivity index (χ0v) is 22.9. The minimum atomic E-state index is -0.530. The first-order valence-corrected chi connectivity index (χ1v) is 14.0. The molecule has 40 heavy (non-hydrogen) atoms. The van der Waals surface area contributed by atoms with Crippen LogP contribution in [0.5, 0.6) is 28.7 Å². The van der Waals surface area contributed by atoms with Crippen LogP contribution in [0, 0.1) is 11.8 Å². The van der Waals surface area contributed by atoms with Crippen molar-refractivity contribution in [3.05, 3.63) is 41.0 Å². The van der Waals surface area contributed by atoms with Gasteiger partial charge in [0.15, 0.2) is 23.0 Å². The fourth-order valence-corrected chi connectivity index (χ4v) is 6.84. The fourth-order valence-electron chi connectivity index (χ4n) is 6.84. The fraction of sp³-hybridized carbons (Fsp3) is 0.533. The number of rotatable bonds is 8. The van der Waals surface area contributed by atoms with E-state index < -0.39 is 11.8 Å². The number of phenolic OH excluding ortho intramolecular Hbond substituents is 1. The van der Waals surface area contributed by atoms with Crippen LogP contribution < -0.4 is 24.3 Å². The summed E-state index contributed by atoms with van der Waals surface area (Å²) in [6.45, 7) is 3.93. The summed E-state index contributed by atoms with van der Waals surface area (Å²) in [5, 5.41) is 13.7. The number of piperidine rings is 1. The molecule has 2 N–H and O–H groups in total. The Hall–Kier alpha value is -3.66. The molecule has 2 saturated heterocycles. The molecule has 6 rings (SSSR count). The third-order valence-electron chi connectivity index (χ3n) is 8.81. The Bertz CT molecular complexity index is 1270. The lowest BCUT2D eigenvalue weighted by atomic mass is 9.62. The molecule has 3 aliphatic heterocycles. The standard InChI is InChI=1S/C30H36N2O8/c1-36-24-10-17(11-25(37-2)29(24)34)27-20-13-23-22(39-16-40-23)12-18(20)19(21-15-38-30(35)28(21)27)14-26(33)31-6-9-32-7-4-3-5-8-32/h10-13,19,21,27-28,34H,3-9,14-16H2,1-2H3,(H,31,33)/t19-,21?,27-,28+/m1/s1. The molecule has 1 amide bonds. The third-order valence-corrected chi connectivity index (χ3v) is 8.81. The molecule has 10 heteroatoms. The molecule has 1 aliphatic carbocycles. The molecule has 0 saturated carbocycles. The highest BCUT2D eigenvalue weighted by Crippen LogP contribution is 2.56. The van der Waals surface area contributed by atoms with Gasteiger partial charge in [0.05, 0.1) is 26.7 Å². The maximum Gasteiger partial charge on any atom is 0.310 e. The Balaban J connectivity index is 1.35. The summed E-state index contributed by atoms with van der Waals surface area (Å²) in [5.41, 5.74) is 2.54. The summed E-state index contributed by atoms with van der Waals surface area (Å²) in [4.78, 5) is 28.9. The van der Waals surface area contributed by atoms with Crippen LogP contribution >= 0.6 is 0 Å². The number of methoxy groups -OCH3 is 2. The van der Waals surface area contributed by atoms with Crippen LogP contribution in [-0.4, -0.2) is 75.7 Å². The van der Waals surface area contributed by atoms with Crippen LogP contribution in [0.2, 0.25) is 0 Å². The molecule has 0 radical (unpaired) electrons. The van der Waals surface area contributed by atoms with Gasteiger partial charge in [-0.05, 0) is 72.8 Å². The average molecular weight is 553 g/mol. The second kappa shape index (κ2) is 11.1. The van der Waals surface area contributed by atoms with E-state index in [2.05, 4.69) is 10.2 Å². The van der Waals surface area contributed by atoms with Crippen molar-refractivity contribution in [2.75, 3.05) is 53.8 Å². The number of phenols is 1. The van der Waals surface area contributed by atoms with Gasteiger partial charge < -0.3 is 39.0 Å². The molecule has 214 valence electrons. The number of amides is 1. The largest absolute Gasteiger partial charge is 0.502 e. The van der Waals surface area contributed by atoms with Gasteiger partial charge in [0.25, 0.3) is 0 Å². The molecule has 1 unspecified atom stereocenters. The molecule has 2 aromatic carbocycles. The topological polar surface area (TPSA) is 116 Å². The number of fused-ring (bicyclic) bond motifs is 3. The van der Waals surface area contributed by atoms with Crippen molar-refractivity contribution in [3.63, 3.8) is 0 Å². The quantitative estimate of drug-likeness (QED) is 0.477. The highest BCUT2D eigenvalue weighted by atomic mass is 16.7. The first-order valence-electron chi connectivity index (χ1n) is 14.0. The number of nitrogens with zero attached hydrogens (tertiary/aromatic N) is 1. The zero-order chi connectivity index (χ0) is 27.8. The lowest BCUT2D eigenvalue weighted by Crippen LogP contribution is -2.40. The maximum atomic E-state index is 13.3. The highest BCUT2D eigenvalue weighted by Gasteiger charge is 2.52. The summed E-state index contributed by atoms with van der Waals surface area (Å²) in [6, 6.07) is 7.32. The Kier molecular flexibility index (Phi) is 7.35. The second-order valence-corrected chi connectivity index (χ2v) is 11.0. The first-order chi connectivity index (χ1) is 19.5. The van der Waals surface area contributed by atoms with Gasteiger partial charge in [-0.15, -0.1) is 0 Å². The molecular weight excluding hydrogens is 516 g/mol. The SMILES string of the molecule is COc1cc([C@@H]2c3cc4c(cc3[C@@H](CC(=O)NCCN3CCCCC3)C3COC(=O)[C@@H]32)OCO4)cc(OC)c1O. The first kappa shape index (κ1) is 26.6. The minimum absolute atomic E-state index is 0.0462. The number of esters is 1. The lowest BCUT2D eigenvalue weighted by Gasteiger charge is -2.39. The average Bonchev–Trinajstić information content (AvgIpc) is 3.59. The van der Waals surface area contributed by atoms with Crippen LogP contribution in [0.4, 0.5) is 0 Å². The number of nitrogens with one attached hydrogen (secondary N) is 1. The van der Waals surface area contributed by atoms with Crippen molar-refractivity contribution in [1.82, 2.24) is 10.2 Å². The number of likely N-dealkylation sites (tertiary alicyclic amines) is 1. The van der Waals surface area contributed by atoms with Crippen LogP contribution in [0.3, 0.4) is 0 Å². The van der Waals surface area contributed by atoms with E-state index in [9.17, 15) is 14.7 Å². The van der Waals surface area contributed by atoms with Gasteiger partial charge in [0, 0.05) is 31.3 Å². The number of carbonyl (C=O) groups excluding carboxylic acids is 2. The molecule has 2 aromatic rings. The van der Waals surface area contributed by atoms with Crippen molar-refractivity contribution in [2.45, 2.75) is 37.5 Å². The minimum Gasteiger partial charge on any atom is -0.502 e. The van der Waals surface area contributed by atoms with Crippen LogP contribution in [0.1, 0.15) is 54.2 Å². The molecule has 0 spiro atoms. The van der Waals surface area contributed by atoms with Crippen molar-refractivity contribution < 1.29 is 38.4 Å². The normalized spacial score (nSPS) is 25.1. The van der Waals surface area contributed by atoms with E-state index in [1.165, 1.54) is 33.5 Å². The van der Waals surface area contributed by atoms with Gasteiger partial charge in [-0.2, -0.15) is 0 Å². The van der Waals surface area contributed by atoms with E-state index in [1.54, 1.807) is 12.1 Å². The van der Waals surface area contributed by atoms with Crippen molar-refractivity contribution in [1.29, 1.82) is 0 Å². The van der Waals surface area contributed by atoms with Gasteiger partial charge in [0.2, 0.25) is 18.4 Å². The molecule has 0 bridgehead atoms. The Morgan fingerprint density at radius 2 is 1.68 bits per heavy atom. The predicted molar refractivity (Wildman–Crippen MR) is 144 cm³/mol. The molecule has 4 aliphatic rings. The molecule has 2 fully saturated rings. The summed E-state index contributed by atoms with van der Waals surface area (Å²) in [6.07, 6.45) is 3.93. The number of hydrogen-bond acceptors (Lipinski definition) is 9. The third kappa shape index (κ3) is 4.78. The number of hydrogen-bond donors (Lipinski definition) is 2. The summed E-state index contributed by atoms with van der Waals surface area (Å²) in [7, 11) is 2.94.